The minimum absolute atomic E-state index is 0.0465. The summed E-state index contributed by atoms with van der Waals surface area (Å²) in [5.41, 5.74) is 3.29. The lowest BCUT2D eigenvalue weighted by atomic mass is 10.0. The molecule has 28 heavy (non-hydrogen) atoms. The number of hydrogen-bond acceptors (Lipinski definition) is 5. The van der Waals surface area contributed by atoms with Crippen molar-refractivity contribution in [2.45, 2.75) is 13.0 Å². The van der Waals surface area contributed by atoms with Gasteiger partial charge in [0.25, 0.3) is 0 Å². The molecule has 3 heterocycles. The summed E-state index contributed by atoms with van der Waals surface area (Å²) in [5.74, 6) is 1.18. The summed E-state index contributed by atoms with van der Waals surface area (Å²) < 4.78 is 10.6. The summed E-state index contributed by atoms with van der Waals surface area (Å²) in [7, 11) is 0. The molecule has 142 valence electrons. The van der Waals surface area contributed by atoms with Crippen LogP contribution in [0.15, 0.2) is 47.3 Å². The quantitative estimate of drug-likeness (QED) is 0.732. The predicted molar refractivity (Wildman–Crippen MR) is 105 cm³/mol. The molecule has 0 saturated carbocycles. The van der Waals surface area contributed by atoms with Gasteiger partial charge in [-0.25, -0.2) is 0 Å². The molecular weight excluding hydrogens is 358 g/mol. The third-order valence-electron chi connectivity index (χ3n) is 5.18. The van der Waals surface area contributed by atoms with Gasteiger partial charge < -0.3 is 19.8 Å². The molecule has 2 aliphatic heterocycles. The van der Waals surface area contributed by atoms with Gasteiger partial charge in [-0.2, -0.15) is 0 Å². The average Bonchev–Trinajstić information content (AvgIpc) is 3.16. The third-order valence-corrected chi connectivity index (χ3v) is 5.18. The van der Waals surface area contributed by atoms with Crippen molar-refractivity contribution in [3.05, 3.63) is 63.9 Å². The Balaban J connectivity index is 1.30. The number of H-pyrrole nitrogens is 1. The molecule has 1 aromatic heterocycles. The number of aromatic amines is 1. The Morgan fingerprint density at radius 2 is 2.00 bits per heavy atom. The van der Waals surface area contributed by atoms with Crippen LogP contribution in [0.1, 0.15) is 11.3 Å². The lowest BCUT2D eigenvalue weighted by Gasteiger charge is -2.27. The molecule has 0 spiro atoms. The van der Waals surface area contributed by atoms with Crippen LogP contribution >= 0.6 is 0 Å². The van der Waals surface area contributed by atoms with E-state index in [0.29, 0.717) is 35.5 Å². The van der Waals surface area contributed by atoms with Crippen LogP contribution in [0.25, 0.3) is 10.9 Å². The molecule has 0 radical (unpaired) electrons. The molecule has 0 aliphatic carbocycles. The van der Waals surface area contributed by atoms with Crippen LogP contribution in [0.4, 0.5) is 5.69 Å². The fraction of sp³-hybridized carbons (Fsp3) is 0.238. The topological polar surface area (TPSA) is 83.7 Å². The largest absolute Gasteiger partial charge is 0.454 e. The van der Waals surface area contributed by atoms with Crippen molar-refractivity contribution in [3.8, 4) is 11.5 Å². The second kappa shape index (κ2) is 6.69. The molecule has 2 N–H and O–H groups in total. The first kappa shape index (κ1) is 16.8. The van der Waals surface area contributed by atoms with Gasteiger partial charge in [0.15, 0.2) is 16.9 Å². The zero-order valence-corrected chi connectivity index (χ0v) is 15.2. The molecule has 7 heteroatoms. The Labute approximate surface area is 160 Å². The monoisotopic (exact) mass is 377 g/mol. The maximum atomic E-state index is 12.8. The first-order chi connectivity index (χ1) is 13.7. The van der Waals surface area contributed by atoms with Crippen molar-refractivity contribution in [2.75, 3.05) is 25.2 Å². The van der Waals surface area contributed by atoms with Crippen LogP contribution in [-0.2, 0) is 17.8 Å². The first-order valence-electron chi connectivity index (χ1n) is 9.22. The second-order valence-corrected chi connectivity index (χ2v) is 7.03. The number of ether oxygens (including phenoxy) is 2. The van der Waals surface area contributed by atoms with Crippen LogP contribution in [0.3, 0.4) is 0 Å². The summed E-state index contributed by atoms with van der Waals surface area (Å²) in [6.07, 6.45) is 0.715. The van der Waals surface area contributed by atoms with Crippen molar-refractivity contribution in [3.63, 3.8) is 0 Å². The Bertz CT molecular complexity index is 1140. The number of benzene rings is 2. The highest BCUT2D eigenvalue weighted by Gasteiger charge is 2.22. The molecule has 0 bridgehead atoms. The standard InChI is InChI=1S/C21H19N3O4/c25-20(22-13-5-6-18-19(9-13)28-12-27-18)11-24-8-7-17-15(10-24)21(26)14-3-1-2-4-16(14)23-17/h1-6,9H,7-8,10-12H2,(H,22,25)(H,23,26). The van der Waals surface area contributed by atoms with Gasteiger partial charge in [-0.3, -0.25) is 14.5 Å². The summed E-state index contributed by atoms with van der Waals surface area (Å²) in [6, 6.07) is 12.8. The zero-order valence-electron chi connectivity index (χ0n) is 15.2. The molecule has 1 amide bonds. The number of nitrogens with zero attached hydrogens (tertiary/aromatic N) is 1. The third kappa shape index (κ3) is 2.99. The highest BCUT2D eigenvalue weighted by molar-refractivity contribution is 5.92. The summed E-state index contributed by atoms with van der Waals surface area (Å²) in [6.45, 7) is 1.60. The van der Waals surface area contributed by atoms with Crippen molar-refractivity contribution in [1.29, 1.82) is 0 Å². The molecular formula is C21H19N3O4. The number of carbonyl (C=O) groups is 1. The highest BCUT2D eigenvalue weighted by Crippen LogP contribution is 2.34. The van der Waals surface area contributed by atoms with Gasteiger partial charge in [0.05, 0.1) is 6.54 Å². The lowest BCUT2D eigenvalue weighted by Crippen LogP contribution is -2.39. The number of para-hydroxylation sites is 1. The minimum atomic E-state index is -0.125. The number of hydrogen-bond donors (Lipinski definition) is 2. The van der Waals surface area contributed by atoms with E-state index in [4.69, 9.17) is 9.47 Å². The molecule has 2 aliphatic rings. The van der Waals surface area contributed by atoms with Gasteiger partial charge in [-0.1, -0.05) is 12.1 Å². The van der Waals surface area contributed by atoms with E-state index < -0.39 is 0 Å². The normalized spacial score (nSPS) is 15.4. The van der Waals surface area contributed by atoms with E-state index in [1.165, 1.54) is 0 Å². The summed E-state index contributed by atoms with van der Waals surface area (Å²) in [5, 5.41) is 3.57. The highest BCUT2D eigenvalue weighted by atomic mass is 16.7. The van der Waals surface area contributed by atoms with Crippen LogP contribution in [0, 0.1) is 0 Å². The van der Waals surface area contributed by atoms with Crippen molar-refractivity contribution >= 4 is 22.5 Å². The summed E-state index contributed by atoms with van der Waals surface area (Å²) in [4.78, 5) is 30.7. The number of nitrogens with one attached hydrogen (secondary N) is 2. The Hall–Kier alpha value is -3.32. The van der Waals surface area contributed by atoms with Gasteiger partial charge in [-0.05, 0) is 24.3 Å². The first-order valence-corrected chi connectivity index (χ1v) is 9.22. The molecule has 7 nitrogen and oxygen atoms in total. The number of carbonyl (C=O) groups excluding carboxylic acids is 1. The molecule has 3 aromatic rings. The summed E-state index contributed by atoms with van der Waals surface area (Å²) >= 11 is 0. The lowest BCUT2D eigenvalue weighted by molar-refractivity contribution is -0.117. The van der Waals surface area contributed by atoms with Gasteiger partial charge >= 0.3 is 0 Å². The molecule has 0 unspecified atom stereocenters. The smallest absolute Gasteiger partial charge is 0.238 e. The van der Waals surface area contributed by atoms with Crippen LogP contribution in [0.5, 0.6) is 11.5 Å². The number of anilines is 1. The van der Waals surface area contributed by atoms with E-state index in [2.05, 4.69) is 10.3 Å². The van der Waals surface area contributed by atoms with Gasteiger partial charge in [0.1, 0.15) is 0 Å². The Morgan fingerprint density at radius 1 is 1.14 bits per heavy atom. The molecule has 0 saturated heterocycles. The Morgan fingerprint density at radius 3 is 2.93 bits per heavy atom. The molecule has 2 aromatic carbocycles. The molecule has 5 rings (SSSR count). The van der Waals surface area contributed by atoms with E-state index in [9.17, 15) is 9.59 Å². The van der Waals surface area contributed by atoms with E-state index >= 15 is 0 Å². The van der Waals surface area contributed by atoms with Crippen LogP contribution in [0.2, 0.25) is 0 Å². The second-order valence-electron chi connectivity index (χ2n) is 7.03. The van der Waals surface area contributed by atoms with Crippen molar-refractivity contribution in [2.24, 2.45) is 0 Å². The van der Waals surface area contributed by atoms with E-state index in [-0.39, 0.29) is 24.7 Å². The van der Waals surface area contributed by atoms with Crippen molar-refractivity contribution in [1.82, 2.24) is 9.88 Å². The van der Waals surface area contributed by atoms with E-state index in [1.807, 2.05) is 29.2 Å². The van der Waals surface area contributed by atoms with Gasteiger partial charge in [-0.15, -0.1) is 0 Å². The van der Waals surface area contributed by atoms with E-state index in [0.717, 1.165) is 23.3 Å². The van der Waals surface area contributed by atoms with Crippen molar-refractivity contribution < 1.29 is 14.3 Å². The number of fused-ring (bicyclic) bond motifs is 3. The average molecular weight is 377 g/mol. The van der Waals surface area contributed by atoms with Crippen LogP contribution in [-0.4, -0.2) is 35.7 Å². The number of aromatic nitrogens is 1. The molecule has 0 fully saturated rings. The van der Waals surface area contributed by atoms with Crippen LogP contribution < -0.4 is 20.2 Å². The predicted octanol–water partition coefficient (Wildman–Crippen LogP) is 2.25. The number of rotatable bonds is 3. The van der Waals surface area contributed by atoms with Gasteiger partial charge in [0.2, 0.25) is 12.7 Å². The number of pyridine rings is 1. The number of amides is 1. The maximum absolute atomic E-state index is 12.8. The fourth-order valence-corrected chi connectivity index (χ4v) is 3.79. The van der Waals surface area contributed by atoms with E-state index in [1.54, 1.807) is 18.2 Å². The minimum Gasteiger partial charge on any atom is -0.454 e. The maximum Gasteiger partial charge on any atom is 0.238 e. The fourth-order valence-electron chi connectivity index (χ4n) is 3.79. The van der Waals surface area contributed by atoms with Gasteiger partial charge in [0, 0.05) is 53.4 Å². The molecule has 0 atom stereocenters. The Kier molecular flexibility index (Phi) is 4.02. The SMILES string of the molecule is O=C(CN1CCc2[nH]c3ccccc3c(=O)c2C1)Nc1ccc2c(c1)OCO2. The zero-order chi connectivity index (χ0) is 19.1.